The lowest BCUT2D eigenvalue weighted by Gasteiger charge is -2.05. The minimum Gasteiger partial charge on any atom is -0.453 e. The number of aromatic nitrogens is 2. The van der Waals surface area contributed by atoms with Crippen molar-refractivity contribution in [1.82, 2.24) is 9.97 Å². The first-order valence-electron chi connectivity index (χ1n) is 8.27. The molecule has 0 bridgehead atoms. The van der Waals surface area contributed by atoms with Gasteiger partial charge in [0, 0.05) is 22.5 Å². The second-order valence-corrected chi connectivity index (χ2v) is 7.69. The Labute approximate surface area is 149 Å². The van der Waals surface area contributed by atoms with Crippen LogP contribution in [0.3, 0.4) is 0 Å². The summed E-state index contributed by atoms with van der Waals surface area (Å²) in [6.45, 7) is 6.22. The van der Waals surface area contributed by atoms with Gasteiger partial charge in [-0.15, -0.1) is 11.3 Å². The molecule has 0 atom stereocenters. The van der Waals surface area contributed by atoms with E-state index >= 15 is 0 Å². The van der Waals surface area contributed by atoms with Crippen LogP contribution in [0.5, 0.6) is 0 Å². The summed E-state index contributed by atoms with van der Waals surface area (Å²) in [5.41, 5.74) is 7.10. The molecule has 0 N–H and O–H groups in total. The first-order valence-corrected chi connectivity index (χ1v) is 9.08. The molecular formula is C21H16N2OS. The highest BCUT2D eigenvalue weighted by Gasteiger charge is 2.16. The van der Waals surface area contributed by atoms with E-state index < -0.39 is 0 Å². The van der Waals surface area contributed by atoms with Gasteiger partial charge in [0.25, 0.3) is 0 Å². The second kappa shape index (κ2) is 5.14. The Morgan fingerprint density at radius 1 is 0.920 bits per heavy atom. The molecule has 3 nitrogen and oxygen atoms in total. The number of benzene rings is 2. The van der Waals surface area contributed by atoms with Crippen molar-refractivity contribution in [3.05, 3.63) is 58.7 Å². The van der Waals surface area contributed by atoms with Crippen LogP contribution in [0, 0.1) is 20.8 Å². The van der Waals surface area contributed by atoms with Gasteiger partial charge < -0.3 is 4.42 Å². The molecule has 0 spiro atoms. The van der Waals surface area contributed by atoms with Crippen LogP contribution in [0.15, 0.2) is 47.0 Å². The zero-order chi connectivity index (χ0) is 17.1. The van der Waals surface area contributed by atoms with Gasteiger partial charge in [-0.2, -0.15) is 0 Å². The summed E-state index contributed by atoms with van der Waals surface area (Å²) >= 11 is 1.70. The third kappa shape index (κ3) is 2.11. The molecule has 5 aromatic rings. The molecule has 3 aromatic heterocycles. The summed E-state index contributed by atoms with van der Waals surface area (Å²) < 4.78 is 7.50. The average Bonchev–Trinajstić information content (AvgIpc) is 3.16. The van der Waals surface area contributed by atoms with Crippen molar-refractivity contribution in [3.8, 4) is 11.3 Å². The second-order valence-electron chi connectivity index (χ2n) is 6.46. The van der Waals surface area contributed by atoms with E-state index in [1.165, 1.54) is 11.1 Å². The fourth-order valence-corrected chi connectivity index (χ4v) is 4.16. The maximum absolute atomic E-state index is 6.34. The van der Waals surface area contributed by atoms with Gasteiger partial charge in [-0.05, 0) is 56.2 Å². The lowest BCUT2D eigenvalue weighted by atomic mass is 10.0. The number of rotatable bonds is 1. The molecule has 2 aromatic carbocycles. The molecule has 0 unspecified atom stereocenters. The molecule has 0 saturated heterocycles. The van der Waals surface area contributed by atoms with Gasteiger partial charge in [-0.25, -0.2) is 4.98 Å². The van der Waals surface area contributed by atoms with Gasteiger partial charge >= 0.3 is 0 Å². The lowest BCUT2D eigenvalue weighted by molar-refractivity contribution is 0.672. The third-order valence-corrected chi connectivity index (χ3v) is 5.72. The first kappa shape index (κ1) is 14.6. The molecule has 0 aliphatic carbocycles. The SMILES string of the molecule is Cc1nc2c(ccc3c4cccc(-c5cc(C)c(C)cn5)c4oc32)s1. The van der Waals surface area contributed by atoms with Gasteiger partial charge in [-0.3, -0.25) is 4.98 Å². The topological polar surface area (TPSA) is 38.9 Å². The van der Waals surface area contributed by atoms with E-state index in [4.69, 9.17) is 4.42 Å². The highest BCUT2D eigenvalue weighted by atomic mass is 32.1. The fraction of sp³-hybridized carbons (Fsp3) is 0.143. The van der Waals surface area contributed by atoms with Crippen LogP contribution in [-0.2, 0) is 0 Å². The predicted octanol–water partition coefficient (Wildman–Crippen LogP) is 6.18. The molecule has 0 saturated carbocycles. The Morgan fingerprint density at radius 3 is 2.60 bits per heavy atom. The van der Waals surface area contributed by atoms with Gasteiger partial charge in [0.05, 0.1) is 15.4 Å². The van der Waals surface area contributed by atoms with Crippen molar-refractivity contribution in [2.45, 2.75) is 20.8 Å². The molecular weight excluding hydrogens is 328 g/mol. The Balaban J connectivity index is 1.88. The summed E-state index contributed by atoms with van der Waals surface area (Å²) in [4.78, 5) is 9.30. The number of para-hydroxylation sites is 1. The number of hydrogen-bond acceptors (Lipinski definition) is 4. The molecule has 25 heavy (non-hydrogen) atoms. The largest absolute Gasteiger partial charge is 0.453 e. The molecule has 0 radical (unpaired) electrons. The Morgan fingerprint density at radius 2 is 1.76 bits per heavy atom. The van der Waals surface area contributed by atoms with Crippen molar-refractivity contribution in [2.75, 3.05) is 0 Å². The van der Waals surface area contributed by atoms with Gasteiger partial charge in [0.2, 0.25) is 0 Å². The van der Waals surface area contributed by atoms with Crippen LogP contribution in [0.2, 0.25) is 0 Å². The molecule has 0 aliphatic heterocycles. The van der Waals surface area contributed by atoms with Crippen molar-refractivity contribution in [3.63, 3.8) is 0 Å². The smallest absolute Gasteiger partial charge is 0.162 e. The van der Waals surface area contributed by atoms with E-state index in [1.54, 1.807) is 11.3 Å². The quantitative estimate of drug-likeness (QED) is 0.364. The average molecular weight is 344 g/mol. The van der Waals surface area contributed by atoms with Crippen LogP contribution in [0.25, 0.3) is 43.4 Å². The number of pyridine rings is 1. The van der Waals surface area contributed by atoms with Crippen LogP contribution < -0.4 is 0 Å². The summed E-state index contributed by atoms with van der Waals surface area (Å²) in [5.74, 6) is 0. The summed E-state index contributed by atoms with van der Waals surface area (Å²) in [7, 11) is 0. The number of hydrogen-bond donors (Lipinski definition) is 0. The molecule has 122 valence electrons. The molecule has 0 aliphatic rings. The maximum atomic E-state index is 6.34. The zero-order valence-corrected chi connectivity index (χ0v) is 15.1. The number of thiazole rings is 1. The summed E-state index contributed by atoms with van der Waals surface area (Å²) in [6, 6.07) is 12.7. The van der Waals surface area contributed by atoms with Crippen molar-refractivity contribution in [2.24, 2.45) is 0 Å². The lowest BCUT2D eigenvalue weighted by Crippen LogP contribution is -1.88. The van der Waals surface area contributed by atoms with Crippen LogP contribution in [0.1, 0.15) is 16.1 Å². The van der Waals surface area contributed by atoms with Crippen LogP contribution in [-0.4, -0.2) is 9.97 Å². The fourth-order valence-electron chi connectivity index (χ4n) is 3.33. The molecule has 5 rings (SSSR count). The normalized spacial score (nSPS) is 11.8. The Hall–Kier alpha value is -2.72. The number of fused-ring (bicyclic) bond motifs is 5. The standard InChI is InChI=1S/C21H16N2OS/c1-11-9-17(22-10-12(11)2)16-6-4-5-14-15-7-8-18-19(23-13(3)25-18)21(15)24-20(14)16/h4-10H,1-3H3. The molecule has 0 amide bonds. The minimum atomic E-state index is 0.869. The van der Waals surface area contributed by atoms with E-state index in [0.717, 1.165) is 48.4 Å². The minimum absolute atomic E-state index is 0.869. The van der Waals surface area contributed by atoms with E-state index in [1.807, 2.05) is 13.1 Å². The van der Waals surface area contributed by atoms with Crippen molar-refractivity contribution < 1.29 is 4.42 Å². The number of nitrogens with zero attached hydrogens (tertiary/aromatic N) is 2. The highest BCUT2D eigenvalue weighted by molar-refractivity contribution is 7.18. The van der Waals surface area contributed by atoms with Gasteiger partial charge in [-0.1, -0.05) is 12.1 Å². The summed E-state index contributed by atoms with van der Waals surface area (Å²) in [6.07, 6.45) is 1.92. The van der Waals surface area contributed by atoms with E-state index in [2.05, 4.69) is 60.2 Å². The van der Waals surface area contributed by atoms with Crippen molar-refractivity contribution in [1.29, 1.82) is 0 Å². The monoisotopic (exact) mass is 344 g/mol. The van der Waals surface area contributed by atoms with Gasteiger partial charge in [0.1, 0.15) is 11.1 Å². The summed E-state index contributed by atoms with van der Waals surface area (Å²) in [5, 5.41) is 3.28. The Kier molecular flexibility index (Phi) is 3.00. The van der Waals surface area contributed by atoms with Gasteiger partial charge in [0.15, 0.2) is 5.58 Å². The zero-order valence-electron chi connectivity index (χ0n) is 14.3. The number of aryl methyl sites for hydroxylation is 3. The predicted molar refractivity (Wildman–Crippen MR) is 104 cm³/mol. The highest BCUT2D eigenvalue weighted by Crippen LogP contribution is 2.39. The van der Waals surface area contributed by atoms with E-state index in [0.29, 0.717) is 0 Å². The third-order valence-electron chi connectivity index (χ3n) is 4.78. The molecule has 3 heterocycles. The van der Waals surface area contributed by atoms with Crippen LogP contribution >= 0.6 is 11.3 Å². The number of furan rings is 1. The van der Waals surface area contributed by atoms with Crippen molar-refractivity contribution >= 4 is 43.5 Å². The maximum Gasteiger partial charge on any atom is 0.162 e. The van der Waals surface area contributed by atoms with Crippen LogP contribution in [0.4, 0.5) is 0 Å². The van der Waals surface area contributed by atoms with E-state index in [-0.39, 0.29) is 0 Å². The molecule has 0 fully saturated rings. The first-order chi connectivity index (χ1) is 12.1. The molecule has 4 heteroatoms. The Bertz CT molecular complexity index is 1280. The van der Waals surface area contributed by atoms with E-state index in [9.17, 15) is 0 Å².